The predicted octanol–water partition coefficient (Wildman–Crippen LogP) is 3.55. The van der Waals surface area contributed by atoms with Crippen LogP contribution in [-0.2, 0) is 13.5 Å². The molecule has 168 valence electrons. The Labute approximate surface area is 195 Å². The van der Waals surface area contributed by atoms with Gasteiger partial charge in [0.15, 0.2) is 23.8 Å². The van der Waals surface area contributed by atoms with Crippen molar-refractivity contribution in [2.24, 2.45) is 12.0 Å². The smallest absolute Gasteiger partial charge is 0.432 e. The topological polar surface area (TPSA) is 79.5 Å². The maximum Gasteiger partial charge on any atom is 0.465 e. The van der Waals surface area contributed by atoms with E-state index in [1.165, 1.54) is 17.9 Å². The average Bonchev–Trinajstić information content (AvgIpc) is 3.63. The number of fused-ring (bicyclic) bond motifs is 2. The van der Waals surface area contributed by atoms with Crippen LogP contribution in [-0.4, -0.2) is 45.3 Å². The fourth-order valence-corrected chi connectivity index (χ4v) is 4.35. The number of rotatable bonds is 6. The summed E-state index contributed by atoms with van der Waals surface area (Å²) in [6.45, 7) is 0.374. The van der Waals surface area contributed by atoms with Gasteiger partial charge < -0.3 is 13.7 Å². The van der Waals surface area contributed by atoms with Crippen molar-refractivity contribution in [3.63, 3.8) is 0 Å². The lowest BCUT2D eigenvalue weighted by Gasteiger charge is -2.22. The first-order chi connectivity index (χ1) is 16.7. The second-order valence-corrected chi connectivity index (χ2v) is 8.11. The van der Waals surface area contributed by atoms with Crippen LogP contribution in [0.4, 0.5) is 17.3 Å². The van der Waals surface area contributed by atoms with Crippen molar-refractivity contribution in [3.8, 4) is 5.82 Å². The summed E-state index contributed by atoms with van der Waals surface area (Å²) in [5.74, 6) is 3.24. The molecule has 0 spiro atoms. The Hall–Kier alpha value is -4.53. The van der Waals surface area contributed by atoms with Gasteiger partial charge in [-0.1, -0.05) is 24.3 Å². The molecule has 0 saturated heterocycles. The van der Waals surface area contributed by atoms with Crippen molar-refractivity contribution < 1.29 is 18.0 Å². The number of hydrogen-bond acceptors (Lipinski definition) is 6. The first-order valence-corrected chi connectivity index (χ1v) is 11.0. The molecule has 9 heteroatoms. The van der Waals surface area contributed by atoms with E-state index in [1.807, 2.05) is 36.4 Å². The highest BCUT2D eigenvalue weighted by Crippen LogP contribution is 2.27. The van der Waals surface area contributed by atoms with Gasteiger partial charge in [-0.3, -0.25) is 4.99 Å². The number of aromatic nitrogens is 4. The molecule has 5 aromatic rings. The Bertz CT molecular complexity index is 1540. The number of hydrogen-bond donors (Lipinski definition) is 0. The number of benzene rings is 1. The molecule has 0 fully saturated rings. The molecule has 0 bridgehead atoms. The zero-order valence-corrected chi connectivity index (χ0v) is 18.9. The molecule has 0 unspecified atom stereocenters. The lowest BCUT2D eigenvalue weighted by Crippen LogP contribution is -2.29. The van der Waals surface area contributed by atoms with E-state index in [4.69, 9.17) is 13.8 Å². The van der Waals surface area contributed by atoms with Crippen molar-refractivity contribution in [3.05, 3.63) is 78.8 Å². The van der Waals surface area contributed by atoms with E-state index < -0.39 is 0 Å². The van der Waals surface area contributed by atoms with Crippen molar-refractivity contribution in [1.29, 1.82) is 0 Å². The Balaban J connectivity index is 1.35. The Kier molecular flexibility index (Phi) is 4.80. The Morgan fingerprint density at radius 2 is 2.00 bits per heavy atom. The van der Waals surface area contributed by atoms with E-state index in [9.17, 15) is 0 Å². The van der Waals surface area contributed by atoms with Gasteiger partial charge in [0.2, 0.25) is 0 Å². The second kappa shape index (κ2) is 8.11. The highest BCUT2D eigenvalue weighted by Gasteiger charge is 2.35. The number of anilines is 2. The molecule has 0 saturated carbocycles. The minimum absolute atomic E-state index is 0.374. The SMILES string of the molecule is C[N+]1=CCc2c1[n+](C)cn2-c1cccc(N(CN=Cc2coc3ocnc23)c2ccccc2)n1. The summed E-state index contributed by atoms with van der Waals surface area (Å²) in [6, 6.07) is 16.2. The summed E-state index contributed by atoms with van der Waals surface area (Å²) < 4.78 is 17.0. The number of oxazole rings is 1. The van der Waals surface area contributed by atoms with Crippen LogP contribution in [0.2, 0.25) is 0 Å². The molecule has 9 nitrogen and oxygen atoms in total. The number of aryl methyl sites for hydroxylation is 1. The van der Waals surface area contributed by atoms with E-state index in [0.29, 0.717) is 18.0 Å². The lowest BCUT2D eigenvalue weighted by molar-refractivity contribution is -0.715. The van der Waals surface area contributed by atoms with Crippen LogP contribution < -0.4 is 9.47 Å². The number of para-hydroxylation sites is 1. The Morgan fingerprint density at radius 3 is 2.88 bits per heavy atom. The highest BCUT2D eigenvalue weighted by molar-refractivity contribution is 5.93. The van der Waals surface area contributed by atoms with Crippen LogP contribution in [0.3, 0.4) is 0 Å². The van der Waals surface area contributed by atoms with Gasteiger partial charge in [0.1, 0.15) is 38.7 Å². The van der Waals surface area contributed by atoms with Gasteiger partial charge in [0.05, 0.1) is 12.0 Å². The van der Waals surface area contributed by atoms with Crippen LogP contribution in [0.25, 0.3) is 17.1 Å². The molecule has 0 amide bonds. The van der Waals surface area contributed by atoms with Crippen LogP contribution in [0.5, 0.6) is 0 Å². The molecule has 0 aliphatic carbocycles. The largest absolute Gasteiger partial charge is 0.465 e. The maximum atomic E-state index is 5.37. The molecule has 4 aromatic heterocycles. The van der Waals surface area contributed by atoms with Crippen molar-refractivity contribution >= 4 is 41.0 Å². The van der Waals surface area contributed by atoms with Crippen molar-refractivity contribution in [1.82, 2.24) is 14.5 Å². The minimum Gasteiger partial charge on any atom is -0.432 e. The molecule has 0 radical (unpaired) electrons. The summed E-state index contributed by atoms with van der Waals surface area (Å²) in [5, 5.41) is 0. The van der Waals surface area contributed by atoms with Gasteiger partial charge in [-0.25, -0.2) is 14.5 Å². The molecule has 5 heterocycles. The zero-order chi connectivity index (χ0) is 23.1. The standard InChI is InChI=1S/C25H23N7O2/c1-29-12-11-20-24(29)30(2)17-32(20)22-10-6-9-21(28-22)31(19-7-4-3-5-8-19)15-26-13-18-14-33-25-23(18)27-16-34-25/h3-10,12-14,16-17H,11,15H2,1-2H3/q+2. The predicted molar refractivity (Wildman–Crippen MR) is 128 cm³/mol. The lowest BCUT2D eigenvalue weighted by atomic mass is 10.3. The first-order valence-electron chi connectivity index (χ1n) is 11.0. The fourth-order valence-electron chi connectivity index (χ4n) is 4.35. The number of pyridine rings is 1. The van der Waals surface area contributed by atoms with E-state index in [1.54, 1.807) is 12.5 Å². The fraction of sp³-hybridized carbons (Fsp3) is 0.160. The van der Waals surface area contributed by atoms with Gasteiger partial charge in [-0.15, -0.1) is 9.14 Å². The molecule has 34 heavy (non-hydrogen) atoms. The summed E-state index contributed by atoms with van der Waals surface area (Å²) in [5.41, 5.74) is 3.65. The second-order valence-electron chi connectivity index (χ2n) is 8.11. The monoisotopic (exact) mass is 453 g/mol. The number of nitrogens with zero attached hydrogens (tertiary/aromatic N) is 7. The van der Waals surface area contributed by atoms with Crippen LogP contribution >= 0.6 is 0 Å². The third-order valence-electron chi connectivity index (χ3n) is 5.93. The van der Waals surface area contributed by atoms with Crippen LogP contribution in [0, 0.1) is 0 Å². The Morgan fingerprint density at radius 1 is 1.12 bits per heavy atom. The molecule has 1 aromatic carbocycles. The number of imidazole rings is 1. The number of furan rings is 1. The van der Waals surface area contributed by atoms with E-state index >= 15 is 0 Å². The third kappa shape index (κ3) is 3.38. The maximum absolute atomic E-state index is 5.37. The van der Waals surface area contributed by atoms with E-state index in [-0.39, 0.29) is 0 Å². The summed E-state index contributed by atoms with van der Waals surface area (Å²) >= 11 is 0. The average molecular weight is 454 g/mol. The molecule has 0 atom stereocenters. The van der Waals surface area contributed by atoms with Gasteiger partial charge in [-0.2, -0.15) is 0 Å². The molecule has 6 rings (SSSR count). The highest BCUT2D eigenvalue weighted by atomic mass is 16.5. The van der Waals surface area contributed by atoms with Crippen LogP contribution in [0.1, 0.15) is 11.3 Å². The molecule has 1 aliphatic rings. The molecule has 1 aliphatic heterocycles. The summed E-state index contributed by atoms with van der Waals surface area (Å²) in [4.78, 5) is 15.9. The van der Waals surface area contributed by atoms with Crippen molar-refractivity contribution in [2.45, 2.75) is 6.42 Å². The first kappa shape index (κ1) is 20.1. The van der Waals surface area contributed by atoms with Crippen molar-refractivity contribution in [2.75, 3.05) is 18.6 Å². The van der Waals surface area contributed by atoms with E-state index in [2.05, 4.69) is 67.4 Å². The van der Waals surface area contributed by atoms with Crippen LogP contribution in [0.15, 0.2) is 81.3 Å². The zero-order valence-electron chi connectivity index (χ0n) is 18.9. The third-order valence-corrected chi connectivity index (χ3v) is 5.93. The summed E-state index contributed by atoms with van der Waals surface area (Å²) in [7, 11) is 4.13. The quantitative estimate of drug-likeness (QED) is 0.290. The minimum atomic E-state index is 0.374. The van der Waals surface area contributed by atoms with Gasteiger partial charge in [-0.05, 0) is 24.3 Å². The molecule has 0 N–H and O–H groups in total. The van der Waals surface area contributed by atoms with Gasteiger partial charge in [0, 0.05) is 11.9 Å². The molecular formula is C25H23N7O2+2. The number of aliphatic imine (C=N–C) groups is 1. The van der Waals surface area contributed by atoms with Gasteiger partial charge in [0.25, 0.3) is 6.33 Å². The molecular weight excluding hydrogens is 430 g/mol. The van der Waals surface area contributed by atoms with E-state index in [0.717, 1.165) is 29.3 Å². The summed E-state index contributed by atoms with van der Waals surface area (Å²) in [6.07, 6.45) is 9.83. The van der Waals surface area contributed by atoms with Gasteiger partial charge >= 0.3 is 11.6 Å². The normalized spacial score (nSPS) is 13.1.